The number of amides is 1. The fourth-order valence-electron chi connectivity index (χ4n) is 2.64. The first-order valence-corrected chi connectivity index (χ1v) is 7.88. The zero-order valence-corrected chi connectivity index (χ0v) is 12.9. The van der Waals surface area contributed by atoms with Crippen LogP contribution in [0.3, 0.4) is 0 Å². The lowest BCUT2D eigenvalue weighted by molar-refractivity contribution is -0.128. The molecule has 6 heteroatoms. The van der Waals surface area contributed by atoms with Crippen molar-refractivity contribution in [2.24, 2.45) is 5.92 Å². The van der Waals surface area contributed by atoms with Crippen LogP contribution in [0.2, 0.25) is 0 Å². The Kier molecular flexibility index (Phi) is 5.02. The van der Waals surface area contributed by atoms with Gasteiger partial charge < -0.3 is 10.1 Å². The molecule has 3 rings (SSSR count). The van der Waals surface area contributed by atoms with Gasteiger partial charge in [0.05, 0.1) is 23.9 Å². The summed E-state index contributed by atoms with van der Waals surface area (Å²) in [7, 11) is 0. The highest BCUT2D eigenvalue weighted by molar-refractivity contribution is 5.78. The number of aromatic nitrogens is 2. The van der Waals surface area contributed by atoms with Crippen LogP contribution in [0.1, 0.15) is 18.5 Å². The second-order valence-electron chi connectivity index (χ2n) is 5.68. The summed E-state index contributed by atoms with van der Waals surface area (Å²) >= 11 is 0. The van der Waals surface area contributed by atoms with Gasteiger partial charge in [0.1, 0.15) is 5.82 Å². The summed E-state index contributed by atoms with van der Waals surface area (Å²) < 4.78 is 19.9. The van der Waals surface area contributed by atoms with Crippen molar-refractivity contribution in [1.82, 2.24) is 15.1 Å². The molecule has 0 aliphatic carbocycles. The van der Waals surface area contributed by atoms with Gasteiger partial charge >= 0.3 is 0 Å². The number of nitrogens with one attached hydrogen (secondary N) is 1. The normalized spacial score (nSPS) is 17.9. The summed E-state index contributed by atoms with van der Waals surface area (Å²) in [5.41, 5.74) is 1.69. The van der Waals surface area contributed by atoms with Crippen LogP contribution in [0.25, 0.3) is 5.69 Å². The molecule has 0 saturated carbocycles. The second kappa shape index (κ2) is 7.37. The van der Waals surface area contributed by atoms with Crippen molar-refractivity contribution in [2.75, 3.05) is 19.8 Å². The van der Waals surface area contributed by atoms with E-state index < -0.39 is 0 Å². The van der Waals surface area contributed by atoms with E-state index in [9.17, 15) is 9.18 Å². The highest BCUT2D eigenvalue weighted by atomic mass is 19.1. The first-order chi connectivity index (χ1) is 11.2. The van der Waals surface area contributed by atoms with Gasteiger partial charge in [0, 0.05) is 25.8 Å². The topological polar surface area (TPSA) is 56.2 Å². The summed E-state index contributed by atoms with van der Waals surface area (Å²) in [5.74, 6) is -0.237. The number of carbonyl (C=O) groups excluding carboxylic acids is 1. The first-order valence-electron chi connectivity index (χ1n) is 7.88. The van der Waals surface area contributed by atoms with E-state index in [0.717, 1.165) is 30.8 Å². The number of halogens is 1. The third-order valence-corrected chi connectivity index (χ3v) is 3.95. The van der Waals surface area contributed by atoms with E-state index in [1.807, 2.05) is 12.3 Å². The van der Waals surface area contributed by atoms with Crippen molar-refractivity contribution in [3.63, 3.8) is 0 Å². The molecule has 1 aromatic heterocycles. The molecule has 0 spiro atoms. The van der Waals surface area contributed by atoms with Crippen molar-refractivity contribution in [1.29, 1.82) is 0 Å². The SMILES string of the molecule is O=C(NCCc1ccn(-c2ccc(F)cc2)n1)[C@@H]1CCCOC1. The molecule has 1 aliphatic rings. The number of ether oxygens (including phenoxy) is 1. The van der Waals surface area contributed by atoms with Gasteiger partial charge in [-0.25, -0.2) is 9.07 Å². The molecule has 1 N–H and O–H groups in total. The number of carbonyl (C=O) groups is 1. The maximum Gasteiger partial charge on any atom is 0.225 e. The molecule has 23 heavy (non-hydrogen) atoms. The second-order valence-corrected chi connectivity index (χ2v) is 5.68. The van der Waals surface area contributed by atoms with Gasteiger partial charge in [-0.2, -0.15) is 5.10 Å². The molecule has 122 valence electrons. The van der Waals surface area contributed by atoms with Crippen LogP contribution < -0.4 is 5.32 Å². The lowest BCUT2D eigenvalue weighted by Gasteiger charge is -2.21. The van der Waals surface area contributed by atoms with Crippen LogP contribution >= 0.6 is 0 Å². The van der Waals surface area contributed by atoms with Gasteiger partial charge in [-0.3, -0.25) is 4.79 Å². The lowest BCUT2D eigenvalue weighted by atomic mass is 10.0. The summed E-state index contributed by atoms with van der Waals surface area (Å²) in [6, 6.07) is 8.07. The lowest BCUT2D eigenvalue weighted by Crippen LogP contribution is -2.36. The van der Waals surface area contributed by atoms with E-state index in [1.54, 1.807) is 16.8 Å². The zero-order chi connectivity index (χ0) is 16.1. The Labute approximate surface area is 134 Å². The van der Waals surface area contributed by atoms with Crippen molar-refractivity contribution < 1.29 is 13.9 Å². The van der Waals surface area contributed by atoms with E-state index in [-0.39, 0.29) is 17.6 Å². The van der Waals surface area contributed by atoms with E-state index in [4.69, 9.17) is 4.74 Å². The Balaban J connectivity index is 1.49. The maximum atomic E-state index is 12.9. The Hall–Kier alpha value is -2.21. The number of hydrogen-bond acceptors (Lipinski definition) is 3. The van der Waals surface area contributed by atoms with Crippen LogP contribution in [0.4, 0.5) is 4.39 Å². The first kappa shape index (κ1) is 15.7. The monoisotopic (exact) mass is 317 g/mol. The highest BCUT2D eigenvalue weighted by Gasteiger charge is 2.21. The number of benzene rings is 1. The van der Waals surface area contributed by atoms with Crippen LogP contribution in [0.15, 0.2) is 36.5 Å². The van der Waals surface area contributed by atoms with Crippen LogP contribution in [-0.2, 0) is 16.0 Å². The molecule has 0 bridgehead atoms. The number of hydrogen-bond donors (Lipinski definition) is 1. The third kappa shape index (κ3) is 4.16. The number of rotatable bonds is 5. The average Bonchev–Trinajstić information content (AvgIpc) is 3.05. The molecule has 1 aliphatic heterocycles. The molecule has 1 fully saturated rings. The van der Waals surface area contributed by atoms with Gasteiger partial charge in [-0.1, -0.05) is 0 Å². The molecule has 1 amide bonds. The summed E-state index contributed by atoms with van der Waals surface area (Å²) in [6.45, 7) is 1.82. The molecule has 0 unspecified atom stereocenters. The Morgan fingerprint density at radius 3 is 2.91 bits per heavy atom. The zero-order valence-electron chi connectivity index (χ0n) is 12.9. The van der Waals surface area contributed by atoms with E-state index in [2.05, 4.69) is 10.4 Å². The highest BCUT2D eigenvalue weighted by Crippen LogP contribution is 2.13. The molecule has 1 aromatic carbocycles. The molecule has 2 heterocycles. The van der Waals surface area contributed by atoms with Crippen molar-refractivity contribution in [2.45, 2.75) is 19.3 Å². The molecule has 0 radical (unpaired) electrons. The fourth-order valence-corrected chi connectivity index (χ4v) is 2.64. The minimum atomic E-state index is -0.268. The molecule has 2 aromatic rings. The van der Waals surface area contributed by atoms with Crippen molar-refractivity contribution >= 4 is 5.91 Å². The largest absolute Gasteiger partial charge is 0.381 e. The van der Waals surface area contributed by atoms with Gasteiger partial charge in [0.15, 0.2) is 0 Å². The van der Waals surface area contributed by atoms with E-state index in [1.165, 1.54) is 12.1 Å². The van der Waals surface area contributed by atoms with E-state index in [0.29, 0.717) is 19.6 Å². The molecule has 1 atom stereocenters. The van der Waals surface area contributed by atoms with Crippen LogP contribution in [0.5, 0.6) is 0 Å². The molecular formula is C17H20FN3O2. The third-order valence-electron chi connectivity index (χ3n) is 3.95. The average molecular weight is 317 g/mol. The van der Waals surface area contributed by atoms with Crippen LogP contribution in [-0.4, -0.2) is 35.4 Å². The molecular weight excluding hydrogens is 297 g/mol. The standard InChI is InChI=1S/C17H20FN3O2/c18-14-3-5-16(6-4-14)21-10-8-15(20-21)7-9-19-17(22)13-2-1-11-23-12-13/h3-6,8,10,13H,1-2,7,9,11-12H2,(H,19,22)/t13-/m1/s1. The van der Waals surface area contributed by atoms with Crippen molar-refractivity contribution in [3.8, 4) is 5.69 Å². The van der Waals surface area contributed by atoms with Crippen molar-refractivity contribution in [3.05, 3.63) is 48.0 Å². The molecule has 5 nitrogen and oxygen atoms in total. The van der Waals surface area contributed by atoms with Gasteiger partial charge in [0.25, 0.3) is 0 Å². The maximum absolute atomic E-state index is 12.9. The predicted octanol–water partition coefficient (Wildman–Crippen LogP) is 2.10. The Morgan fingerprint density at radius 2 is 2.17 bits per heavy atom. The van der Waals surface area contributed by atoms with Gasteiger partial charge in [-0.05, 0) is 43.2 Å². The predicted molar refractivity (Wildman–Crippen MR) is 83.8 cm³/mol. The van der Waals surface area contributed by atoms with E-state index >= 15 is 0 Å². The smallest absolute Gasteiger partial charge is 0.225 e. The van der Waals surface area contributed by atoms with Gasteiger partial charge in [-0.15, -0.1) is 0 Å². The Morgan fingerprint density at radius 1 is 1.35 bits per heavy atom. The minimum absolute atomic E-state index is 0.0273. The molecule has 1 saturated heterocycles. The minimum Gasteiger partial charge on any atom is -0.381 e. The number of nitrogens with zero attached hydrogens (tertiary/aromatic N) is 2. The Bertz CT molecular complexity index is 648. The summed E-state index contributed by atoms with van der Waals surface area (Å²) in [5, 5.41) is 7.38. The fraction of sp³-hybridized carbons (Fsp3) is 0.412. The van der Waals surface area contributed by atoms with Gasteiger partial charge in [0.2, 0.25) is 5.91 Å². The van der Waals surface area contributed by atoms with Crippen LogP contribution in [0, 0.1) is 11.7 Å². The quantitative estimate of drug-likeness (QED) is 0.919. The summed E-state index contributed by atoms with van der Waals surface area (Å²) in [4.78, 5) is 12.0. The summed E-state index contributed by atoms with van der Waals surface area (Å²) in [6.07, 6.45) is 4.33.